The third kappa shape index (κ3) is 4.44. The van der Waals surface area contributed by atoms with Crippen molar-refractivity contribution in [2.24, 2.45) is 0 Å². The Balaban J connectivity index is 1.45. The Kier molecular flexibility index (Phi) is 6.36. The maximum atomic E-state index is 14.3. The van der Waals surface area contributed by atoms with Crippen LogP contribution in [0.25, 0.3) is 5.69 Å². The van der Waals surface area contributed by atoms with Crippen molar-refractivity contribution in [1.82, 2.24) is 29.5 Å². The summed E-state index contributed by atoms with van der Waals surface area (Å²) in [5.74, 6) is 1.79. The smallest absolute Gasteiger partial charge is 0.237 e. The summed E-state index contributed by atoms with van der Waals surface area (Å²) in [6.07, 6.45) is 5.12. The molecule has 1 aliphatic carbocycles. The molecular formula is C25H28ClFN6O. The summed E-state index contributed by atoms with van der Waals surface area (Å²) < 4.78 is 16.4. The van der Waals surface area contributed by atoms with Gasteiger partial charge in [0.15, 0.2) is 5.82 Å². The van der Waals surface area contributed by atoms with Crippen LogP contribution in [0.4, 0.5) is 4.39 Å². The van der Waals surface area contributed by atoms with Gasteiger partial charge in [0, 0.05) is 29.6 Å². The highest BCUT2D eigenvalue weighted by Crippen LogP contribution is 2.41. The molecule has 0 spiro atoms. The van der Waals surface area contributed by atoms with E-state index in [9.17, 15) is 9.18 Å². The van der Waals surface area contributed by atoms with Gasteiger partial charge in [-0.15, -0.1) is 10.2 Å². The second-order valence-electron chi connectivity index (χ2n) is 9.49. The number of halogens is 2. The van der Waals surface area contributed by atoms with Gasteiger partial charge in [-0.2, -0.15) is 0 Å². The van der Waals surface area contributed by atoms with E-state index in [0.717, 1.165) is 48.6 Å². The predicted molar refractivity (Wildman–Crippen MR) is 127 cm³/mol. The molecule has 0 bridgehead atoms. The first-order chi connectivity index (χ1) is 16.4. The Hall–Kier alpha value is -2.84. The van der Waals surface area contributed by atoms with Crippen LogP contribution in [0, 0.1) is 5.82 Å². The van der Waals surface area contributed by atoms with Crippen LogP contribution in [-0.4, -0.2) is 56.1 Å². The van der Waals surface area contributed by atoms with Crippen LogP contribution in [0.2, 0.25) is 5.02 Å². The SMILES string of the molecule is CN(C)CC(=O)N1Cc2cc(Cl)ccc2-n2c(nnc2[C@H]2CC[C@H](c3ncccc3F)CC2)C1. The number of carbonyl (C=O) groups excluding carboxylic acids is 1. The molecule has 7 nitrogen and oxygen atoms in total. The first-order valence-corrected chi connectivity index (χ1v) is 12.0. The van der Waals surface area contributed by atoms with Crippen molar-refractivity contribution in [2.45, 2.75) is 50.6 Å². The van der Waals surface area contributed by atoms with Crippen molar-refractivity contribution in [3.05, 3.63) is 70.3 Å². The van der Waals surface area contributed by atoms with E-state index in [0.29, 0.717) is 30.4 Å². The summed E-state index contributed by atoms with van der Waals surface area (Å²) in [5, 5.41) is 9.75. The maximum Gasteiger partial charge on any atom is 0.237 e. The second-order valence-corrected chi connectivity index (χ2v) is 9.93. The van der Waals surface area contributed by atoms with E-state index in [1.807, 2.05) is 42.1 Å². The number of nitrogens with zero attached hydrogens (tertiary/aromatic N) is 6. The van der Waals surface area contributed by atoms with Crippen LogP contribution < -0.4 is 0 Å². The molecule has 5 rings (SSSR count). The number of hydrogen-bond donors (Lipinski definition) is 0. The van der Waals surface area contributed by atoms with Gasteiger partial charge in [0.25, 0.3) is 0 Å². The number of pyridine rings is 1. The molecule has 2 aliphatic rings. The summed E-state index contributed by atoms with van der Waals surface area (Å²) in [6.45, 7) is 1.18. The average molecular weight is 483 g/mol. The molecule has 1 aromatic carbocycles. The molecule has 3 heterocycles. The highest BCUT2D eigenvalue weighted by Gasteiger charge is 2.32. The van der Waals surface area contributed by atoms with E-state index in [2.05, 4.69) is 19.7 Å². The number of rotatable bonds is 4. The molecule has 178 valence electrons. The van der Waals surface area contributed by atoms with Crippen molar-refractivity contribution in [1.29, 1.82) is 0 Å². The summed E-state index contributed by atoms with van der Waals surface area (Å²) in [4.78, 5) is 20.9. The zero-order valence-electron chi connectivity index (χ0n) is 19.4. The lowest BCUT2D eigenvalue weighted by molar-refractivity contribution is -0.133. The van der Waals surface area contributed by atoms with Gasteiger partial charge in [0.2, 0.25) is 5.91 Å². The summed E-state index contributed by atoms with van der Waals surface area (Å²) in [6, 6.07) is 8.89. The number of hydrogen-bond acceptors (Lipinski definition) is 5. The number of likely N-dealkylation sites (N-methyl/N-ethyl adjacent to an activating group) is 1. The number of aromatic nitrogens is 4. The molecule has 2 aromatic heterocycles. The number of fused-ring (bicyclic) bond motifs is 3. The predicted octanol–water partition coefficient (Wildman–Crippen LogP) is 4.30. The lowest BCUT2D eigenvalue weighted by Crippen LogP contribution is -2.36. The van der Waals surface area contributed by atoms with Gasteiger partial charge in [-0.25, -0.2) is 4.39 Å². The minimum Gasteiger partial charge on any atom is -0.330 e. The van der Waals surface area contributed by atoms with Gasteiger partial charge in [0.1, 0.15) is 11.6 Å². The Morgan fingerprint density at radius 1 is 1.12 bits per heavy atom. The highest BCUT2D eigenvalue weighted by molar-refractivity contribution is 6.30. The lowest BCUT2D eigenvalue weighted by atomic mass is 9.79. The Morgan fingerprint density at radius 2 is 1.88 bits per heavy atom. The molecule has 0 unspecified atom stereocenters. The number of amides is 1. The van der Waals surface area contributed by atoms with Crippen LogP contribution in [0.1, 0.15) is 60.4 Å². The van der Waals surface area contributed by atoms with Crippen molar-refractivity contribution in [3.63, 3.8) is 0 Å². The monoisotopic (exact) mass is 482 g/mol. The quantitative estimate of drug-likeness (QED) is 0.554. The molecule has 1 fully saturated rings. The number of carbonyl (C=O) groups is 1. The first kappa shape index (κ1) is 22.9. The summed E-state index contributed by atoms with van der Waals surface area (Å²) in [5.41, 5.74) is 2.51. The zero-order valence-corrected chi connectivity index (χ0v) is 20.2. The normalized spacial score (nSPS) is 20.1. The van der Waals surface area contributed by atoms with Crippen LogP contribution in [0.3, 0.4) is 0 Å². The van der Waals surface area contributed by atoms with E-state index in [1.165, 1.54) is 6.07 Å². The standard InChI is InChI=1S/C25H28ClFN6O/c1-31(2)15-23(34)32-13-18-12-19(26)9-10-21(18)33-22(14-32)29-30-25(33)17-7-5-16(6-8-17)24-20(27)4-3-11-28-24/h3-4,9-12,16-17H,5-8,13-15H2,1-2H3/t16-,17-. The van der Waals surface area contributed by atoms with E-state index in [4.69, 9.17) is 11.6 Å². The lowest BCUT2D eigenvalue weighted by Gasteiger charge is -2.28. The van der Waals surface area contributed by atoms with Gasteiger partial charge < -0.3 is 9.80 Å². The highest BCUT2D eigenvalue weighted by atomic mass is 35.5. The van der Waals surface area contributed by atoms with Crippen molar-refractivity contribution >= 4 is 17.5 Å². The summed E-state index contributed by atoms with van der Waals surface area (Å²) >= 11 is 6.33. The molecule has 34 heavy (non-hydrogen) atoms. The average Bonchev–Trinajstić information content (AvgIpc) is 3.15. The van der Waals surface area contributed by atoms with Gasteiger partial charge in [-0.1, -0.05) is 11.6 Å². The van der Waals surface area contributed by atoms with Gasteiger partial charge >= 0.3 is 0 Å². The van der Waals surface area contributed by atoms with Gasteiger partial charge in [-0.3, -0.25) is 14.3 Å². The third-order valence-corrected chi connectivity index (χ3v) is 7.04. The Labute approximate surface area is 203 Å². The van der Waals surface area contributed by atoms with E-state index in [-0.39, 0.29) is 23.6 Å². The van der Waals surface area contributed by atoms with Crippen LogP contribution in [-0.2, 0) is 17.9 Å². The van der Waals surface area contributed by atoms with Crippen molar-refractivity contribution < 1.29 is 9.18 Å². The largest absolute Gasteiger partial charge is 0.330 e. The van der Waals surface area contributed by atoms with Crippen LogP contribution in [0.5, 0.6) is 0 Å². The molecule has 3 aromatic rings. The maximum absolute atomic E-state index is 14.3. The van der Waals surface area contributed by atoms with Crippen molar-refractivity contribution in [2.75, 3.05) is 20.6 Å². The van der Waals surface area contributed by atoms with Crippen molar-refractivity contribution in [3.8, 4) is 5.69 Å². The van der Waals surface area contributed by atoms with E-state index in [1.54, 1.807) is 12.3 Å². The molecule has 0 N–H and O–H groups in total. The van der Waals surface area contributed by atoms with E-state index >= 15 is 0 Å². The molecular weight excluding hydrogens is 455 g/mol. The topological polar surface area (TPSA) is 67.2 Å². The molecule has 0 radical (unpaired) electrons. The summed E-state index contributed by atoms with van der Waals surface area (Å²) in [7, 11) is 3.77. The fourth-order valence-electron chi connectivity index (χ4n) is 5.16. The molecule has 1 aliphatic heterocycles. The number of benzene rings is 1. The van der Waals surface area contributed by atoms with Gasteiger partial charge in [-0.05, 0) is 75.7 Å². The molecule has 1 amide bonds. The fourth-order valence-corrected chi connectivity index (χ4v) is 5.36. The van der Waals surface area contributed by atoms with Crippen LogP contribution in [0.15, 0.2) is 36.5 Å². The molecule has 1 saturated carbocycles. The van der Waals surface area contributed by atoms with E-state index < -0.39 is 0 Å². The van der Waals surface area contributed by atoms with Crippen LogP contribution >= 0.6 is 11.6 Å². The third-order valence-electron chi connectivity index (χ3n) is 6.80. The molecule has 9 heteroatoms. The minimum atomic E-state index is -0.226. The van der Waals surface area contributed by atoms with Gasteiger partial charge in [0.05, 0.1) is 24.5 Å². The molecule has 0 atom stereocenters. The Bertz CT molecular complexity index is 1200. The fraction of sp³-hybridized carbons (Fsp3) is 0.440. The first-order valence-electron chi connectivity index (χ1n) is 11.7. The zero-order chi connectivity index (χ0) is 23.8. The molecule has 0 saturated heterocycles. The minimum absolute atomic E-state index is 0.0341. The second kappa shape index (κ2) is 9.43. The Morgan fingerprint density at radius 3 is 2.62 bits per heavy atom.